The fourth-order valence-electron chi connectivity index (χ4n) is 2.93. The Labute approximate surface area is 140 Å². The molecule has 1 heterocycles. The van der Waals surface area contributed by atoms with Gasteiger partial charge in [0, 0.05) is 24.7 Å². The first-order valence-electron chi connectivity index (χ1n) is 8.58. The summed E-state index contributed by atoms with van der Waals surface area (Å²) in [5.74, 6) is 0.828. The number of hydrogen-bond donors (Lipinski definition) is 0. The van der Waals surface area contributed by atoms with Gasteiger partial charge in [0.1, 0.15) is 5.78 Å². The molecule has 0 bridgehead atoms. The zero-order valence-electron chi connectivity index (χ0n) is 14.7. The average Bonchev–Trinajstić information content (AvgIpc) is 2.57. The Hall–Kier alpha value is -1.96. The molecule has 0 radical (unpaired) electrons. The molecule has 0 aliphatic rings. The summed E-state index contributed by atoms with van der Waals surface area (Å²) in [7, 11) is 0. The highest BCUT2D eigenvalue weighted by atomic mass is 16.1. The molecule has 1 aromatic carbocycles. The van der Waals surface area contributed by atoms with Crippen molar-refractivity contribution in [2.24, 2.45) is 5.92 Å². The molecule has 1 unspecified atom stereocenters. The van der Waals surface area contributed by atoms with Gasteiger partial charge in [-0.3, -0.25) is 9.78 Å². The lowest BCUT2D eigenvalue weighted by atomic mass is 9.90. The molecule has 0 N–H and O–H groups in total. The van der Waals surface area contributed by atoms with Crippen molar-refractivity contribution in [1.82, 2.24) is 4.98 Å². The number of benzene rings is 1. The summed E-state index contributed by atoms with van der Waals surface area (Å²) in [5.41, 5.74) is 6.11. The van der Waals surface area contributed by atoms with E-state index < -0.39 is 0 Å². The normalized spacial score (nSPS) is 12.2. The van der Waals surface area contributed by atoms with Crippen LogP contribution in [-0.2, 0) is 11.2 Å². The Bertz CT molecular complexity index is 658. The van der Waals surface area contributed by atoms with Gasteiger partial charge in [0.15, 0.2) is 0 Å². The van der Waals surface area contributed by atoms with Crippen molar-refractivity contribution in [3.63, 3.8) is 0 Å². The van der Waals surface area contributed by atoms with Crippen LogP contribution in [0.1, 0.15) is 49.9 Å². The van der Waals surface area contributed by atoms with E-state index in [1.54, 1.807) is 0 Å². The predicted molar refractivity (Wildman–Crippen MR) is 96.5 cm³/mol. The molecule has 0 spiro atoms. The van der Waals surface area contributed by atoms with Gasteiger partial charge in [0.05, 0.1) is 0 Å². The second-order valence-electron chi connectivity index (χ2n) is 6.34. The minimum absolute atomic E-state index is 0.372. The minimum atomic E-state index is 0.372. The number of nitrogens with zero attached hydrogens (tertiary/aromatic N) is 1. The van der Waals surface area contributed by atoms with E-state index in [1.807, 2.05) is 20.0 Å². The zero-order chi connectivity index (χ0) is 16.8. The fourth-order valence-corrected chi connectivity index (χ4v) is 2.93. The summed E-state index contributed by atoms with van der Waals surface area (Å²) in [4.78, 5) is 16.0. The summed E-state index contributed by atoms with van der Waals surface area (Å²) < 4.78 is 0. The first-order valence-corrected chi connectivity index (χ1v) is 8.58. The summed E-state index contributed by atoms with van der Waals surface area (Å²) in [6, 6.07) is 10.8. The lowest BCUT2D eigenvalue weighted by molar-refractivity contribution is -0.119. The van der Waals surface area contributed by atoms with Gasteiger partial charge in [-0.15, -0.1) is 0 Å². The van der Waals surface area contributed by atoms with E-state index in [1.165, 1.54) is 22.3 Å². The fraction of sp³-hybridized carbons (Fsp3) is 0.429. The first kappa shape index (κ1) is 17.4. The van der Waals surface area contributed by atoms with Crippen molar-refractivity contribution in [2.45, 2.75) is 53.4 Å². The number of carbonyl (C=O) groups is 1. The van der Waals surface area contributed by atoms with Crippen LogP contribution < -0.4 is 0 Å². The number of rotatable bonds is 7. The van der Waals surface area contributed by atoms with Crippen LogP contribution >= 0.6 is 0 Å². The number of Topliss-reactive ketones (excluding diaryl/α,β-unsaturated/α-hetero) is 1. The van der Waals surface area contributed by atoms with Gasteiger partial charge in [-0.25, -0.2) is 0 Å². The lowest BCUT2D eigenvalue weighted by Crippen LogP contribution is -2.09. The zero-order valence-corrected chi connectivity index (χ0v) is 14.7. The van der Waals surface area contributed by atoms with E-state index in [-0.39, 0.29) is 0 Å². The van der Waals surface area contributed by atoms with Crippen molar-refractivity contribution < 1.29 is 4.79 Å². The number of hydrogen-bond acceptors (Lipinski definition) is 2. The van der Waals surface area contributed by atoms with Crippen molar-refractivity contribution in [3.05, 3.63) is 53.3 Å². The molecule has 0 amide bonds. The van der Waals surface area contributed by atoms with E-state index in [9.17, 15) is 4.79 Å². The molecular weight excluding hydrogens is 282 g/mol. The molecule has 0 saturated carbocycles. The van der Waals surface area contributed by atoms with E-state index in [0.29, 0.717) is 24.5 Å². The molecule has 2 heteroatoms. The number of pyridine rings is 1. The Morgan fingerprint density at radius 3 is 2.39 bits per heavy atom. The van der Waals surface area contributed by atoms with Crippen molar-refractivity contribution >= 4 is 5.78 Å². The van der Waals surface area contributed by atoms with E-state index >= 15 is 0 Å². The number of aromatic nitrogens is 1. The standard InChI is InChI=1S/C21H27NO/c1-5-17(14-20(23)6-2)13-18-7-9-19(10-8-18)21-11-12-22-16(4)15(21)3/h7-12,17H,5-6,13-14H2,1-4H3. The predicted octanol–water partition coefficient (Wildman–Crippen LogP) is 5.30. The quantitative estimate of drug-likeness (QED) is 0.694. The first-order chi connectivity index (χ1) is 11.0. The molecule has 0 aliphatic heterocycles. The SMILES string of the molecule is CCC(=O)CC(CC)Cc1ccc(-c2ccnc(C)c2C)cc1. The molecule has 2 aromatic rings. The molecule has 0 aliphatic carbocycles. The van der Waals surface area contributed by atoms with Crippen LogP contribution in [0.15, 0.2) is 36.5 Å². The van der Waals surface area contributed by atoms with Gasteiger partial charge in [-0.05, 0) is 54.5 Å². The van der Waals surface area contributed by atoms with Crippen molar-refractivity contribution in [3.8, 4) is 11.1 Å². The third-order valence-corrected chi connectivity index (χ3v) is 4.73. The average molecular weight is 309 g/mol. The van der Waals surface area contributed by atoms with Crippen LogP contribution in [0.5, 0.6) is 0 Å². The maximum Gasteiger partial charge on any atom is 0.132 e. The minimum Gasteiger partial charge on any atom is -0.300 e. The Morgan fingerprint density at radius 1 is 1.09 bits per heavy atom. The molecule has 2 rings (SSSR count). The maximum absolute atomic E-state index is 11.7. The van der Waals surface area contributed by atoms with Gasteiger partial charge >= 0.3 is 0 Å². The van der Waals surface area contributed by atoms with Crippen molar-refractivity contribution in [2.75, 3.05) is 0 Å². The summed E-state index contributed by atoms with van der Waals surface area (Å²) >= 11 is 0. The van der Waals surface area contributed by atoms with Crippen LogP contribution in [0.3, 0.4) is 0 Å². The molecule has 0 fully saturated rings. The topological polar surface area (TPSA) is 30.0 Å². The van der Waals surface area contributed by atoms with Crippen LogP contribution in [-0.4, -0.2) is 10.8 Å². The third kappa shape index (κ3) is 4.51. The molecule has 1 aromatic heterocycles. The van der Waals surface area contributed by atoms with Gasteiger partial charge in [0.2, 0.25) is 0 Å². The second-order valence-corrected chi connectivity index (χ2v) is 6.34. The van der Waals surface area contributed by atoms with E-state index in [2.05, 4.69) is 49.2 Å². The van der Waals surface area contributed by atoms with Gasteiger partial charge in [0.25, 0.3) is 0 Å². The highest BCUT2D eigenvalue weighted by Crippen LogP contribution is 2.26. The molecule has 0 saturated heterocycles. The number of carbonyl (C=O) groups excluding carboxylic acids is 1. The summed E-state index contributed by atoms with van der Waals surface area (Å²) in [5, 5.41) is 0. The highest BCUT2D eigenvalue weighted by Gasteiger charge is 2.12. The Balaban J connectivity index is 2.13. The van der Waals surface area contributed by atoms with E-state index in [0.717, 1.165) is 18.5 Å². The second kappa shape index (κ2) is 8.05. The van der Waals surface area contributed by atoms with Crippen LogP contribution in [0.2, 0.25) is 0 Å². The molecule has 23 heavy (non-hydrogen) atoms. The smallest absolute Gasteiger partial charge is 0.132 e. The Morgan fingerprint density at radius 2 is 1.78 bits per heavy atom. The van der Waals surface area contributed by atoms with Crippen molar-refractivity contribution in [1.29, 1.82) is 0 Å². The maximum atomic E-state index is 11.7. The molecular formula is C21H27NO. The third-order valence-electron chi connectivity index (χ3n) is 4.73. The molecule has 1 atom stereocenters. The number of aryl methyl sites for hydroxylation is 1. The number of ketones is 1. The van der Waals surface area contributed by atoms with E-state index in [4.69, 9.17) is 0 Å². The Kier molecular flexibility index (Phi) is 6.09. The molecule has 122 valence electrons. The summed E-state index contributed by atoms with van der Waals surface area (Å²) in [6.07, 6.45) is 5.26. The largest absolute Gasteiger partial charge is 0.300 e. The van der Waals surface area contributed by atoms with Crippen LogP contribution in [0.4, 0.5) is 0 Å². The van der Waals surface area contributed by atoms with Crippen LogP contribution in [0.25, 0.3) is 11.1 Å². The van der Waals surface area contributed by atoms with Crippen LogP contribution in [0, 0.1) is 19.8 Å². The van der Waals surface area contributed by atoms with Gasteiger partial charge in [-0.2, -0.15) is 0 Å². The highest BCUT2D eigenvalue weighted by molar-refractivity contribution is 5.78. The van der Waals surface area contributed by atoms with Gasteiger partial charge in [-0.1, -0.05) is 44.5 Å². The lowest BCUT2D eigenvalue weighted by Gasteiger charge is -2.14. The monoisotopic (exact) mass is 309 g/mol. The molecule has 2 nitrogen and oxygen atoms in total. The van der Waals surface area contributed by atoms with Gasteiger partial charge < -0.3 is 0 Å². The summed E-state index contributed by atoms with van der Waals surface area (Å²) in [6.45, 7) is 8.28.